The fourth-order valence-electron chi connectivity index (χ4n) is 4.22. The summed E-state index contributed by atoms with van der Waals surface area (Å²) in [5.74, 6) is 0.181. The molecule has 0 fully saturated rings. The molecule has 0 atom stereocenters. The monoisotopic (exact) mass is 589 g/mol. The van der Waals surface area contributed by atoms with Gasteiger partial charge in [0, 0.05) is 16.0 Å². The van der Waals surface area contributed by atoms with Gasteiger partial charge in [0.25, 0.3) is 5.91 Å². The van der Waals surface area contributed by atoms with Crippen molar-refractivity contribution in [1.29, 1.82) is 5.41 Å². The van der Waals surface area contributed by atoms with E-state index in [1.54, 1.807) is 54.3 Å². The molecule has 3 aromatic rings. The van der Waals surface area contributed by atoms with Gasteiger partial charge in [0.05, 0.1) is 37.7 Å². The number of rotatable bonds is 8. The highest BCUT2D eigenvalue weighted by atomic mass is 35.5. The number of hydrogen-bond acceptors (Lipinski definition) is 8. The molecule has 0 saturated carbocycles. The van der Waals surface area contributed by atoms with E-state index in [1.165, 1.54) is 32.0 Å². The molecule has 0 aromatic heterocycles. The normalized spacial score (nSPS) is 15.3. The van der Waals surface area contributed by atoms with Crippen LogP contribution in [0.4, 0.5) is 0 Å². The maximum Gasteiger partial charge on any atom is 0.343 e. The van der Waals surface area contributed by atoms with Crippen LogP contribution in [0.2, 0.25) is 5.02 Å². The number of nitrogens with one attached hydrogen (secondary N) is 1. The molecule has 2 heterocycles. The molecule has 5 rings (SSSR count). The lowest BCUT2D eigenvalue weighted by Crippen LogP contribution is -2.38. The van der Waals surface area contributed by atoms with Gasteiger partial charge in [0.15, 0.2) is 28.2 Å². The minimum absolute atomic E-state index is 0.0295. The number of thioether (sulfide) groups is 1. The third-order valence-electron chi connectivity index (χ3n) is 6.16. The third kappa shape index (κ3) is 5.57. The quantitative estimate of drug-likeness (QED) is 0.186. The Kier molecular flexibility index (Phi) is 8.14. The molecule has 2 aliphatic rings. The Morgan fingerprint density at radius 3 is 2.51 bits per heavy atom. The minimum Gasteiger partial charge on any atom is -0.493 e. The zero-order chi connectivity index (χ0) is 29.1. The number of carbonyl (C=O) groups excluding carboxylic acids is 2. The van der Waals surface area contributed by atoms with E-state index in [2.05, 4.69) is 4.99 Å². The topological polar surface area (TPSA) is 111 Å². The summed E-state index contributed by atoms with van der Waals surface area (Å²) in [5.41, 5.74) is 2.30. The van der Waals surface area contributed by atoms with E-state index >= 15 is 0 Å². The van der Waals surface area contributed by atoms with Crippen LogP contribution >= 0.6 is 23.4 Å². The standard InChI is InChI=1S/C30H24ClN3O6S/c1-4-39-26-14-17(9-11-24(26)40-29(36)18-10-12-23(37-2)25(15-18)38-3)13-20-27(32)34-22(16-41-30(34)33-28(20)35)19-7-5-6-8-21(19)31/h5-16,32H,4H2,1-3H3/b20-13-,32-27?. The number of methoxy groups -OCH3 is 2. The van der Waals surface area contributed by atoms with Gasteiger partial charge in [-0.1, -0.05) is 47.6 Å². The Morgan fingerprint density at radius 1 is 1.02 bits per heavy atom. The molecule has 1 amide bonds. The number of nitrogens with zero attached hydrogens (tertiary/aromatic N) is 2. The second-order valence-electron chi connectivity index (χ2n) is 8.64. The van der Waals surface area contributed by atoms with Crippen LogP contribution in [-0.2, 0) is 4.79 Å². The SMILES string of the molecule is CCOc1cc(/C=C2/C(=N)N3C(c4ccccc4Cl)=CSC3=NC2=O)ccc1OC(=O)c1ccc(OC)c(OC)c1. The summed E-state index contributed by atoms with van der Waals surface area (Å²) in [7, 11) is 2.99. The van der Waals surface area contributed by atoms with Gasteiger partial charge < -0.3 is 18.9 Å². The zero-order valence-corrected chi connectivity index (χ0v) is 23.8. The maximum absolute atomic E-state index is 12.9. The molecular formula is C30H24ClN3O6S. The van der Waals surface area contributed by atoms with Gasteiger partial charge in [-0.05, 0) is 55.0 Å². The van der Waals surface area contributed by atoms with E-state index in [0.717, 1.165) is 5.56 Å². The van der Waals surface area contributed by atoms with Crippen molar-refractivity contribution >= 4 is 58.0 Å². The molecule has 9 nitrogen and oxygen atoms in total. The molecule has 3 aromatic carbocycles. The first-order valence-corrected chi connectivity index (χ1v) is 13.7. The number of fused-ring (bicyclic) bond motifs is 1. The van der Waals surface area contributed by atoms with Crippen molar-refractivity contribution in [3.8, 4) is 23.0 Å². The second kappa shape index (κ2) is 11.9. The van der Waals surface area contributed by atoms with Gasteiger partial charge >= 0.3 is 5.97 Å². The molecule has 208 valence electrons. The summed E-state index contributed by atoms with van der Waals surface area (Å²) in [6.45, 7) is 2.11. The second-order valence-corrected chi connectivity index (χ2v) is 9.88. The number of aliphatic imine (C=N–C) groups is 1. The summed E-state index contributed by atoms with van der Waals surface area (Å²) >= 11 is 7.67. The van der Waals surface area contributed by atoms with Crippen molar-refractivity contribution in [1.82, 2.24) is 4.90 Å². The van der Waals surface area contributed by atoms with Crippen LogP contribution in [0, 0.1) is 5.41 Å². The van der Waals surface area contributed by atoms with Crippen molar-refractivity contribution in [2.24, 2.45) is 4.99 Å². The molecule has 0 bridgehead atoms. The number of amides is 1. The van der Waals surface area contributed by atoms with E-state index in [-0.39, 0.29) is 22.7 Å². The van der Waals surface area contributed by atoms with Crippen LogP contribution in [0.5, 0.6) is 23.0 Å². The number of hydrogen-bond donors (Lipinski definition) is 1. The molecule has 41 heavy (non-hydrogen) atoms. The van der Waals surface area contributed by atoms with E-state index in [1.807, 2.05) is 23.6 Å². The Morgan fingerprint density at radius 2 is 1.78 bits per heavy atom. The Balaban J connectivity index is 1.43. The number of ether oxygens (including phenoxy) is 4. The van der Waals surface area contributed by atoms with E-state index in [0.29, 0.717) is 45.3 Å². The number of carbonyl (C=O) groups is 2. The highest BCUT2D eigenvalue weighted by molar-refractivity contribution is 8.17. The van der Waals surface area contributed by atoms with Crippen molar-refractivity contribution in [3.63, 3.8) is 0 Å². The van der Waals surface area contributed by atoms with E-state index in [4.69, 9.17) is 36.0 Å². The minimum atomic E-state index is -0.616. The van der Waals surface area contributed by atoms with Crippen molar-refractivity contribution in [2.75, 3.05) is 20.8 Å². The Bertz CT molecular complexity index is 1670. The largest absolute Gasteiger partial charge is 0.493 e. The van der Waals surface area contributed by atoms with Crippen LogP contribution < -0.4 is 18.9 Å². The molecule has 0 spiro atoms. The van der Waals surface area contributed by atoms with Gasteiger partial charge in [0.2, 0.25) is 0 Å². The molecule has 2 aliphatic heterocycles. The lowest BCUT2D eigenvalue weighted by atomic mass is 10.1. The van der Waals surface area contributed by atoms with E-state index < -0.39 is 11.9 Å². The average Bonchev–Trinajstić information content (AvgIpc) is 3.40. The lowest BCUT2D eigenvalue weighted by molar-refractivity contribution is -0.114. The molecule has 0 saturated heterocycles. The zero-order valence-electron chi connectivity index (χ0n) is 22.3. The molecule has 11 heteroatoms. The highest BCUT2D eigenvalue weighted by Gasteiger charge is 2.36. The smallest absolute Gasteiger partial charge is 0.343 e. The van der Waals surface area contributed by atoms with Gasteiger partial charge in [0.1, 0.15) is 5.84 Å². The predicted octanol–water partition coefficient (Wildman–Crippen LogP) is 6.28. The van der Waals surface area contributed by atoms with Crippen LogP contribution in [0.1, 0.15) is 28.4 Å². The third-order valence-corrected chi connectivity index (χ3v) is 7.32. The van der Waals surface area contributed by atoms with Crippen LogP contribution in [0.25, 0.3) is 11.8 Å². The van der Waals surface area contributed by atoms with Crippen LogP contribution in [0.15, 0.2) is 76.6 Å². The summed E-state index contributed by atoms with van der Waals surface area (Å²) < 4.78 is 21.9. The van der Waals surface area contributed by atoms with Crippen molar-refractivity contribution in [3.05, 3.63) is 93.4 Å². The summed E-state index contributed by atoms with van der Waals surface area (Å²) in [6, 6.07) is 16.9. The van der Waals surface area contributed by atoms with Crippen molar-refractivity contribution < 1.29 is 28.5 Å². The van der Waals surface area contributed by atoms with Gasteiger partial charge in [-0.2, -0.15) is 4.99 Å². The molecule has 0 aliphatic carbocycles. The van der Waals surface area contributed by atoms with Crippen molar-refractivity contribution in [2.45, 2.75) is 6.92 Å². The Labute approximate surface area is 245 Å². The fourth-order valence-corrected chi connectivity index (χ4v) is 5.33. The summed E-state index contributed by atoms with van der Waals surface area (Å²) in [5, 5.41) is 11.6. The molecule has 0 radical (unpaired) electrons. The summed E-state index contributed by atoms with van der Waals surface area (Å²) in [4.78, 5) is 31.6. The fraction of sp³-hybridized carbons (Fsp3) is 0.133. The van der Waals surface area contributed by atoms with Crippen LogP contribution in [0.3, 0.4) is 0 Å². The van der Waals surface area contributed by atoms with Gasteiger partial charge in [-0.15, -0.1) is 0 Å². The maximum atomic E-state index is 12.9. The number of benzene rings is 3. The molecule has 1 N–H and O–H groups in total. The van der Waals surface area contributed by atoms with E-state index in [9.17, 15) is 9.59 Å². The Hall–Kier alpha value is -4.54. The summed E-state index contributed by atoms with van der Waals surface area (Å²) in [6.07, 6.45) is 1.56. The highest BCUT2D eigenvalue weighted by Crippen LogP contribution is 2.40. The first-order valence-electron chi connectivity index (χ1n) is 12.4. The lowest BCUT2D eigenvalue weighted by Gasteiger charge is -2.27. The predicted molar refractivity (Wildman–Crippen MR) is 159 cm³/mol. The van der Waals surface area contributed by atoms with Crippen LogP contribution in [-0.4, -0.2) is 48.6 Å². The number of esters is 1. The first-order chi connectivity index (χ1) is 19.8. The average molecular weight is 590 g/mol. The molecular weight excluding hydrogens is 566 g/mol. The van der Waals surface area contributed by atoms with Gasteiger partial charge in [-0.25, -0.2) is 4.79 Å². The van der Waals surface area contributed by atoms with Gasteiger partial charge in [-0.3, -0.25) is 15.1 Å². The first kappa shape index (κ1) is 28.0. The number of halogens is 1. The molecule has 0 unspecified atom stereocenters. The number of amidine groups is 2.